The first kappa shape index (κ1) is 36.9. The van der Waals surface area contributed by atoms with E-state index in [2.05, 4.69) is 263 Å². The number of hydrogen-bond donors (Lipinski definition) is 0. The molecule has 0 aliphatic heterocycles. The first-order chi connectivity index (χ1) is 32.2. The third-order valence-corrected chi connectivity index (χ3v) is 13.2. The van der Waals surface area contributed by atoms with Crippen LogP contribution in [0.1, 0.15) is 0 Å². The van der Waals surface area contributed by atoms with Gasteiger partial charge in [0, 0.05) is 50.2 Å². The molecule has 13 aromatic rings. The van der Waals surface area contributed by atoms with Gasteiger partial charge in [-0.3, -0.25) is 0 Å². The predicted molar refractivity (Wildman–Crippen MR) is 274 cm³/mol. The first-order valence-electron chi connectivity index (χ1n) is 22.3. The molecule has 0 N–H and O–H groups in total. The van der Waals surface area contributed by atoms with Crippen molar-refractivity contribution in [1.29, 1.82) is 0 Å². The van der Waals surface area contributed by atoms with Crippen LogP contribution >= 0.6 is 0 Å². The zero-order valence-corrected chi connectivity index (χ0v) is 35.5. The third kappa shape index (κ3) is 6.12. The molecule has 0 atom stereocenters. The summed E-state index contributed by atoms with van der Waals surface area (Å²) in [6.45, 7) is 0. The van der Waals surface area contributed by atoms with E-state index in [-0.39, 0.29) is 0 Å². The molecular formula is C62H41N3. The van der Waals surface area contributed by atoms with Crippen LogP contribution in [0.5, 0.6) is 0 Å². The van der Waals surface area contributed by atoms with E-state index in [9.17, 15) is 0 Å². The van der Waals surface area contributed by atoms with Crippen molar-refractivity contribution in [3.63, 3.8) is 0 Å². The fourth-order valence-electron chi connectivity index (χ4n) is 10.2. The van der Waals surface area contributed by atoms with E-state index in [1.54, 1.807) is 0 Å². The minimum Gasteiger partial charge on any atom is -0.316 e. The fourth-order valence-corrected chi connectivity index (χ4v) is 10.2. The monoisotopic (exact) mass is 827 g/mol. The Hall–Kier alpha value is -8.66. The van der Waals surface area contributed by atoms with Gasteiger partial charge in [-0.15, -0.1) is 0 Å². The molecule has 0 amide bonds. The Morgan fingerprint density at radius 2 is 0.662 bits per heavy atom. The normalized spacial score (nSPS) is 11.7. The van der Waals surface area contributed by atoms with Gasteiger partial charge in [0.15, 0.2) is 0 Å². The van der Waals surface area contributed by atoms with Crippen LogP contribution in [0.3, 0.4) is 0 Å². The van der Waals surface area contributed by atoms with E-state index < -0.39 is 0 Å². The molecule has 0 aliphatic rings. The van der Waals surface area contributed by atoms with Gasteiger partial charge in [0.25, 0.3) is 0 Å². The fraction of sp³-hybridized carbons (Fsp3) is 0. The van der Waals surface area contributed by atoms with Crippen molar-refractivity contribution in [3.8, 4) is 61.6 Å². The van der Waals surface area contributed by atoms with Gasteiger partial charge in [-0.25, -0.2) is 0 Å². The van der Waals surface area contributed by atoms with Gasteiger partial charge in [-0.1, -0.05) is 170 Å². The van der Waals surface area contributed by atoms with Crippen LogP contribution in [0.4, 0.5) is 0 Å². The maximum atomic E-state index is 2.50. The number of hydrogen-bond acceptors (Lipinski definition) is 0. The molecule has 304 valence electrons. The number of rotatable bonds is 7. The summed E-state index contributed by atoms with van der Waals surface area (Å²) < 4.78 is 7.33. The minimum absolute atomic E-state index is 1.11. The molecule has 13 rings (SSSR count). The van der Waals surface area contributed by atoms with E-state index in [0.29, 0.717) is 0 Å². The Labute approximate surface area is 376 Å². The standard InChI is InChI=1S/C62H41N3/c1-5-17-42(18-6-1)46-29-31-61-57(40-46)54-26-14-15-27-59(54)64(61)51-38-49(45-23-11-4-12-24-45)39-52(41-51)65-60-28-16-13-25-53(60)55-30-32-58-56(62(55)65)33-34-63(58)50-36-47(43-19-7-2-8-20-43)35-48(37-50)44-21-9-3-10-22-44/h1-41H. The van der Waals surface area contributed by atoms with Crippen molar-refractivity contribution in [2.45, 2.75) is 0 Å². The summed E-state index contributed by atoms with van der Waals surface area (Å²) in [6, 6.07) is 88.6. The third-order valence-electron chi connectivity index (χ3n) is 13.2. The Balaban J connectivity index is 1.07. The van der Waals surface area contributed by atoms with Crippen molar-refractivity contribution in [1.82, 2.24) is 13.7 Å². The molecule has 3 heterocycles. The number of fused-ring (bicyclic) bond motifs is 8. The topological polar surface area (TPSA) is 14.8 Å². The Kier molecular flexibility index (Phi) is 8.53. The molecule has 3 nitrogen and oxygen atoms in total. The number of aromatic nitrogens is 3. The Morgan fingerprint density at radius 1 is 0.215 bits per heavy atom. The van der Waals surface area contributed by atoms with Gasteiger partial charge >= 0.3 is 0 Å². The molecule has 0 saturated carbocycles. The molecule has 0 aliphatic carbocycles. The van der Waals surface area contributed by atoms with Crippen LogP contribution < -0.4 is 0 Å². The molecule has 0 radical (unpaired) electrons. The summed E-state index contributed by atoms with van der Waals surface area (Å²) in [6.07, 6.45) is 2.25. The molecule has 3 aromatic heterocycles. The zero-order chi connectivity index (χ0) is 42.8. The highest BCUT2D eigenvalue weighted by Crippen LogP contribution is 2.42. The summed E-state index contributed by atoms with van der Waals surface area (Å²) >= 11 is 0. The lowest BCUT2D eigenvalue weighted by atomic mass is 9.98. The molecule has 0 bridgehead atoms. The van der Waals surface area contributed by atoms with Crippen LogP contribution in [0.25, 0.3) is 116 Å². The van der Waals surface area contributed by atoms with Crippen molar-refractivity contribution in [3.05, 3.63) is 249 Å². The molecule has 0 spiro atoms. The summed E-state index contributed by atoms with van der Waals surface area (Å²) in [5.74, 6) is 0. The quantitative estimate of drug-likeness (QED) is 0.152. The molecular weight excluding hydrogens is 787 g/mol. The van der Waals surface area contributed by atoms with Gasteiger partial charge in [0.2, 0.25) is 0 Å². The van der Waals surface area contributed by atoms with E-state index in [0.717, 1.165) is 28.1 Å². The zero-order valence-electron chi connectivity index (χ0n) is 35.5. The molecule has 0 saturated heterocycles. The van der Waals surface area contributed by atoms with Gasteiger partial charge in [0.1, 0.15) is 0 Å². The number of para-hydroxylation sites is 2. The summed E-state index contributed by atoms with van der Waals surface area (Å²) in [5.41, 5.74) is 18.7. The maximum absolute atomic E-state index is 2.50. The first-order valence-corrected chi connectivity index (χ1v) is 22.3. The molecule has 0 fully saturated rings. The average molecular weight is 828 g/mol. The van der Waals surface area contributed by atoms with Crippen LogP contribution in [-0.2, 0) is 0 Å². The molecule has 3 heteroatoms. The van der Waals surface area contributed by atoms with E-state index in [4.69, 9.17) is 0 Å². The van der Waals surface area contributed by atoms with Gasteiger partial charge in [-0.05, 0) is 117 Å². The van der Waals surface area contributed by atoms with Crippen LogP contribution in [0.2, 0.25) is 0 Å². The SMILES string of the molecule is c1ccc(-c2cc(-c3ccccc3)cc(-n3ccc4c3ccc3c5ccccc5n(-c5cc(-c6ccccc6)cc(-n6c7ccccc7c7cc(-c8ccccc8)ccc76)c5)c34)c2)cc1. The highest BCUT2D eigenvalue weighted by atomic mass is 15.0. The van der Waals surface area contributed by atoms with Gasteiger partial charge in [0.05, 0.1) is 27.6 Å². The molecule has 0 unspecified atom stereocenters. The maximum Gasteiger partial charge on any atom is 0.0635 e. The molecule has 10 aromatic carbocycles. The minimum atomic E-state index is 1.11. The second-order valence-corrected chi connectivity index (χ2v) is 17.0. The van der Waals surface area contributed by atoms with E-state index in [1.807, 2.05) is 0 Å². The smallest absolute Gasteiger partial charge is 0.0635 e. The van der Waals surface area contributed by atoms with Crippen LogP contribution in [0.15, 0.2) is 249 Å². The van der Waals surface area contributed by atoms with Gasteiger partial charge in [-0.2, -0.15) is 0 Å². The number of nitrogens with zero attached hydrogens (tertiary/aromatic N) is 3. The lowest BCUT2D eigenvalue weighted by Crippen LogP contribution is -2.00. The van der Waals surface area contributed by atoms with Crippen LogP contribution in [0, 0.1) is 0 Å². The van der Waals surface area contributed by atoms with Gasteiger partial charge < -0.3 is 13.7 Å². The second kappa shape index (κ2) is 15.0. The highest BCUT2D eigenvalue weighted by Gasteiger charge is 2.21. The Bertz CT molecular complexity index is 3850. The van der Waals surface area contributed by atoms with E-state index in [1.165, 1.54) is 87.9 Å². The largest absolute Gasteiger partial charge is 0.316 e. The summed E-state index contributed by atoms with van der Waals surface area (Å²) in [4.78, 5) is 0. The van der Waals surface area contributed by atoms with Crippen molar-refractivity contribution in [2.75, 3.05) is 0 Å². The van der Waals surface area contributed by atoms with Crippen molar-refractivity contribution in [2.24, 2.45) is 0 Å². The number of benzene rings is 10. The molecule has 65 heavy (non-hydrogen) atoms. The predicted octanol–water partition coefficient (Wildman–Crippen LogP) is 16.5. The Morgan fingerprint density at radius 3 is 1.26 bits per heavy atom. The summed E-state index contributed by atoms with van der Waals surface area (Å²) in [7, 11) is 0. The second-order valence-electron chi connectivity index (χ2n) is 17.0. The lowest BCUT2D eigenvalue weighted by Gasteiger charge is -2.16. The summed E-state index contributed by atoms with van der Waals surface area (Å²) in [5, 5.41) is 6.12. The van der Waals surface area contributed by atoms with Crippen molar-refractivity contribution < 1.29 is 0 Å². The van der Waals surface area contributed by atoms with Crippen LogP contribution in [-0.4, -0.2) is 13.7 Å². The highest BCUT2D eigenvalue weighted by molar-refractivity contribution is 6.18. The lowest BCUT2D eigenvalue weighted by molar-refractivity contribution is 1.13. The van der Waals surface area contributed by atoms with E-state index >= 15 is 0 Å². The van der Waals surface area contributed by atoms with Crippen molar-refractivity contribution >= 4 is 54.5 Å². The average Bonchev–Trinajstić information content (AvgIpc) is 4.07.